The fourth-order valence-electron chi connectivity index (χ4n) is 1.34. The SMILES string of the molecule is CCOC(=O)CN(C)C(=O)Nc1cnn(CC(=O)O)c1. The molecule has 0 saturated carbocycles. The number of nitrogens with one attached hydrogen (secondary N) is 1. The topological polar surface area (TPSA) is 114 Å². The Kier molecular flexibility index (Phi) is 5.51. The normalized spacial score (nSPS) is 9.90. The van der Waals surface area contributed by atoms with Gasteiger partial charge in [-0.25, -0.2) is 4.79 Å². The summed E-state index contributed by atoms with van der Waals surface area (Å²) < 4.78 is 5.89. The van der Waals surface area contributed by atoms with Crippen molar-refractivity contribution in [3.05, 3.63) is 12.4 Å². The number of aliphatic carboxylic acids is 1. The van der Waals surface area contributed by atoms with Crippen LogP contribution in [0.2, 0.25) is 0 Å². The molecule has 0 bridgehead atoms. The molecule has 20 heavy (non-hydrogen) atoms. The molecule has 0 radical (unpaired) electrons. The van der Waals surface area contributed by atoms with Gasteiger partial charge in [-0.05, 0) is 6.92 Å². The van der Waals surface area contributed by atoms with E-state index in [1.54, 1.807) is 6.92 Å². The molecule has 0 unspecified atom stereocenters. The number of hydrogen-bond donors (Lipinski definition) is 2. The van der Waals surface area contributed by atoms with E-state index in [4.69, 9.17) is 9.84 Å². The number of anilines is 1. The lowest BCUT2D eigenvalue weighted by molar-refractivity contribution is -0.143. The lowest BCUT2D eigenvalue weighted by Crippen LogP contribution is -2.36. The van der Waals surface area contributed by atoms with Crippen LogP contribution in [0.15, 0.2) is 12.4 Å². The number of aromatic nitrogens is 2. The molecular formula is C11H16N4O5. The van der Waals surface area contributed by atoms with Crippen LogP contribution in [0.4, 0.5) is 10.5 Å². The highest BCUT2D eigenvalue weighted by Gasteiger charge is 2.14. The molecule has 0 aliphatic rings. The maximum atomic E-state index is 11.7. The number of amides is 2. The summed E-state index contributed by atoms with van der Waals surface area (Å²) in [5.74, 6) is -1.54. The predicted molar refractivity (Wildman–Crippen MR) is 68.1 cm³/mol. The number of carbonyl (C=O) groups excluding carboxylic acids is 2. The molecule has 9 heteroatoms. The number of esters is 1. The number of hydrogen-bond acceptors (Lipinski definition) is 5. The Hall–Kier alpha value is -2.58. The molecule has 110 valence electrons. The minimum absolute atomic E-state index is 0.178. The van der Waals surface area contributed by atoms with Gasteiger partial charge in [-0.15, -0.1) is 0 Å². The number of likely N-dealkylation sites (N-methyl/N-ethyl adjacent to an activating group) is 1. The van der Waals surface area contributed by atoms with Crippen LogP contribution in [0.3, 0.4) is 0 Å². The first-order chi connectivity index (χ1) is 9.42. The Morgan fingerprint density at radius 2 is 2.20 bits per heavy atom. The number of rotatable bonds is 6. The largest absolute Gasteiger partial charge is 0.480 e. The molecule has 0 atom stereocenters. The third-order valence-corrected chi connectivity index (χ3v) is 2.20. The fourth-order valence-corrected chi connectivity index (χ4v) is 1.34. The fraction of sp³-hybridized carbons (Fsp3) is 0.455. The second kappa shape index (κ2) is 7.12. The summed E-state index contributed by atoms with van der Waals surface area (Å²) in [5.41, 5.74) is 0.340. The zero-order valence-corrected chi connectivity index (χ0v) is 11.2. The van der Waals surface area contributed by atoms with E-state index >= 15 is 0 Å². The van der Waals surface area contributed by atoms with Gasteiger partial charge in [0.25, 0.3) is 0 Å². The van der Waals surface area contributed by atoms with Crippen LogP contribution < -0.4 is 5.32 Å². The van der Waals surface area contributed by atoms with Gasteiger partial charge in [0, 0.05) is 13.2 Å². The van der Waals surface area contributed by atoms with Gasteiger partial charge < -0.3 is 20.1 Å². The molecule has 1 heterocycles. The number of carboxylic acid groups (broad SMARTS) is 1. The Balaban J connectivity index is 2.50. The molecular weight excluding hydrogens is 268 g/mol. The van der Waals surface area contributed by atoms with Crippen LogP contribution in [0.1, 0.15) is 6.92 Å². The Labute approximate surface area is 115 Å². The van der Waals surface area contributed by atoms with Crippen LogP contribution in [-0.2, 0) is 20.9 Å². The third kappa shape index (κ3) is 4.96. The molecule has 1 aromatic rings. The van der Waals surface area contributed by atoms with E-state index in [2.05, 4.69) is 10.4 Å². The highest BCUT2D eigenvalue weighted by Crippen LogP contribution is 2.05. The molecule has 9 nitrogen and oxygen atoms in total. The van der Waals surface area contributed by atoms with E-state index in [1.807, 2.05) is 0 Å². The van der Waals surface area contributed by atoms with E-state index in [1.165, 1.54) is 24.1 Å². The first kappa shape index (κ1) is 15.5. The van der Waals surface area contributed by atoms with E-state index in [0.29, 0.717) is 5.69 Å². The van der Waals surface area contributed by atoms with Gasteiger partial charge in [-0.2, -0.15) is 5.10 Å². The van der Waals surface area contributed by atoms with Crippen LogP contribution >= 0.6 is 0 Å². The van der Waals surface area contributed by atoms with E-state index in [9.17, 15) is 14.4 Å². The van der Waals surface area contributed by atoms with Crippen molar-refractivity contribution in [2.45, 2.75) is 13.5 Å². The average Bonchev–Trinajstić information content (AvgIpc) is 2.75. The number of nitrogens with zero attached hydrogens (tertiary/aromatic N) is 3. The predicted octanol–water partition coefficient (Wildman–Crippen LogP) is -0.00550. The number of ether oxygens (including phenoxy) is 1. The number of urea groups is 1. The highest BCUT2D eigenvalue weighted by atomic mass is 16.5. The standard InChI is InChI=1S/C11H16N4O5/c1-3-20-10(18)7-14(2)11(19)13-8-4-12-15(5-8)6-9(16)17/h4-5H,3,6-7H2,1-2H3,(H,13,19)(H,16,17). The quantitative estimate of drug-likeness (QED) is 0.710. The van der Waals surface area contributed by atoms with Crippen molar-refractivity contribution in [3.8, 4) is 0 Å². The van der Waals surface area contributed by atoms with Crippen LogP contribution in [-0.4, -0.2) is 58.0 Å². The number of carbonyl (C=O) groups is 3. The minimum Gasteiger partial charge on any atom is -0.480 e. The van der Waals surface area contributed by atoms with Crippen molar-refractivity contribution in [2.24, 2.45) is 0 Å². The van der Waals surface area contributed by atoms with Gasteiger partial charge in [0.15, 0.2) is 0 Å². The zero-order chi connectivity index (χ0) is 15.1. The lowest BCUT2D eigenvalue weighted by atomic mass is 10.5. The molecule has 0 saturated heterocycles. The van der Waals surface area contributed by atoms with E-state index < -0.39 is 18.0 Å². The first-order valence-electron chi connectivity index (χ1n) is 5.84. The van der Waals surface area contributed by atoms with Gasteiger partial charge >= 0.3 is 18.0 Å². The van der Waals surface area contributed by atoms with E-state index in [0.717, 1.165) is 4.90 Å². The van der Waals surface area contributed by atoms with Gasteiger partial charge in [0.05, 0.1) is 18.5 Å². The smallest absolute Gasteiger partial charge is 0.325 e. The summed E-state index contributed by atoms with van der Waals surface area (Å²) in [4.78, 5) is 34.6. The monoisotopic (exact) mass is 284 g/mol. The van der Waals surface area contributed by atoms with Crippen molar-refractivity contribution in [2.75, 3.05) is 25.5 Å². The molecule has 0 spiro atoms. The van der Waals surface area contributed by atoms with Gasteiger partial charge in [0.2, 0.25) is 0 Å². The summed E-state index contributed by atoms with van der Waals surface area (Å²) in [6.07, 6.45) is 2.70. The summed E-state index contributed by atoms with van der Waals surface area (Å²) in [7, 11) is 1.44. The zero-order valence-electron chi connectivity index (χ0n) is 11.2. The minimum atomic E-state index is -1.04. The second-order valence-corrected chi connectivity index (χ2v) is 3.91. The Morgan fingerprint density at radius 1 is 1.50 bits per heavy atom. The summed E-state index contributed by atoms with van der Waals surface area (Å²) in [6.45, 7) is 1.45. The lowest BCUT2D eigenvalue weighted by Gasteiger charge is -2.15. The molecule has 1 rings (SSSR count). The van der Waals surface area contributed by atoms with Crippen LogP contribution in [0.5, 0.6) is 0 Å². The first-order valence-corrected chi connectivity index (χ1v) is 5.84. The highest BCUT2D eigenvalue weighted by molar-refractivity contribution is 5.91. The second-order valence-electron chi connectivity index (χ2n) is 3.91. The van der Waals surface area contributed by atoms with Crippen molar-refractivity contribution in [3.63, 3.8) is 0 Å². The summed E-state index contributed by atoms with van der Waals surface area (Å²) in [5, 5.41) is 14.8. The molecule has 0 aromatic carbocycles. The Bertz CT molecular complexity index is 499. The Morgan fingerprint density at radius 3 is 2.80 bits per heavy atom. The maximum Gasteiger partial charge on any atom is 0.325 e. The van der Waals surface area contributed by atoms with E-state index in [-0.39, 0.29) is 19.7 Å². The van der Waals surface area contributed by atoms with Crippen molar-refractivity contribution in [1.82, 2.24) is 14.7 Å². The van der Waals surface area contributed by atoms with Crippen molar-refractivity contribution in [1.29, 1.82) is 0 Å². The molecule has 0 aliphatic heterocycles. The summed E-state index contributed by atoms with van der Waals surface area (Å²) in [6, 6.07) is -0.520. The molecule has 0 aliphatic carbocycles. The third-order valence-electron chi connectivity index (χ3n) is 2.20. The van der Waals surface area contributed by atoms with Gasteiger partial charge in [0.1, 0.15) is 13.1 Å². The summed E-state index contributed by atoms with van der Waals surface area (Å²) >= 11 is 0. The van der Waals surface area contributed by atoms with Crippen molar-refractivity contribution < 1.29 is 24.2 Å². The molecule has 2 amide bonds. The van der Waals surface area contributed by atoms with Crippen LogP contribution in [0.25, 0.3) is 0 Å². The molecule has 0 fully saturated rings. The molecule has 1 aromatic heterocycles. The van der Waals surface area contributed by atoms with Crippen LogP contribution in [0, 0.1) is 0 Å². The van der Waals surface area contributed by atoms with Gasteiger partial charge in [-0.1, -0.05) is 0 Å². The molecule has 2 N–H and O–H groups in total. The van der Waals surface area contributed by atoms with Gasteiger partial charge in [-0.3, -0.25) is 14.3 Å². The number of carboxylic acids is 1. The maximum absolute atomic E-state index is 11.7. The average molecular weight is 284 g/mol. The van der Waals surface area contributed by atoms with Crippen molar-refractivity contribution >= 4 is 23.7 Å².